The molecule has 0 fully saturated rings. The van der Waals surface area contributed by atoms with Gasteiger partial charge in [0.25, 0.3) is 0 Å². The van der Waals surface area contributed by atoms with Crippen LogP contribution in [-0.4, -0.2) is 34.4 Å². The molecule has 6 nitrogen and oxygen atoms in total. The van der Waals surface area contributed by atoms with E-state index < -0.39 is 5.97 Å². The lowest BCUT2D eigenvalue weighted by atomic mass is 10.1. The fourth-order valence-electron chi connectivity index (χ4n) is 2.66. The van der Waals surface area contributed by atoms with Crippen molar-refractivity contribution in [1.82, 2.24) is 0 Å². The van der Waals surface area contributed by atoms with Crippen LogP contribution in [-0.2, 0) is 17.6 Å². The van der Waals surface area contributed by atoms with Gasteiger partial charge in [0.1, 0.15) is 11.5 Å². The van der Waals surface area contributed by atoms with Crippen LogP contribution in [0.5, 0.6) is 28.7 Å². The summed E-state index contributed by atoms with van der Waals surface area (Å²) in [6.07, 6.45) is 2.35. The van der Waals surface area contributed by atoms with Crippen LogP contribution in [0.1, 0.15) is 11.1 Å². The number of methoxy groups -OCH3 is 4. The largest absolute Gasteiger partial charge is 0.497 e. The molecule has 0 amide bonds. The van der Waals surface area contributed by atoms with Gasteiger partial charge in [-0.05, 0) is 42.3 Å². The van der Waals surface area contributed by atoms with Crippen molar-refractivity contribution >= 4 is 5.97 Å². The van der Waals surface area contributed by atoms with E-state index in [9.17, 15) is 4.79 Å². The van der Waals surface area contributed by atoms with Gasteiger partial charge in [-0.25, -0.2) is 0 Å². The molecule has 0 aliphatic heterocycles. The number of carbonyl (C=O) groups is 1. The Morgan fingerprint density at radius 3 is 2.11 bits per heavy atom. The SMILES string of the molecule is C=CCc1cc(OC)ccc1OC(=O)Cc1cc(OC)c(OC)c(OC)c1. The Balaban J connectivity index is 2.22. The molecule has 0 unspecified atom stereocenters. The van der Waals surface area contributed by atoms with Crippen LogP contribution < -0.4 is 23.7 Å². The van der Waals surface area contributed by atoms with Gasteiger partial charge in [-0.15, -0.1) is 6.58 Å². The molecule has 0 heterocycles. The number of benzene rings is 2. The summed E-state index contributed by atoms with van der Waals surface area (Å²) >= 11 is 0. The third kappa shape index (κ3) is 4.94. The molecule has 0 atom stereocenters. The zero-order valence-corrected chi connectivity index (χ0v) is 16.0. The molecule has 2 aromatic rings. The number of hydrogen-bond donors (Lipinski definition) is 0. The number of ether oxygens (including phenoxy) is 5. The summed E-state index contributed by atoms with van der Waals surface area (Å²) in [4.78, 5) is 12.5. The number of allylic oxidation sites excluding steroid dienone is 1. The second kappa shape index (κ2) is 9.52. The van der Waals surface area contributed by atoms with Crippen LogP contribution in [0.25, 0.3) is 0 Å². The molecule has 0 spiro atoms. The van der Waals surface area contributed by atoms with Crippen LogP contribution in [0, 0.1) is 0 Å². The summed E-state index contributed by atoms with van der Waals surface area (Å²) in [6, 6.07) is 8.73. The van der Waals surface area contributed by atoms with Gasteiger partial charge in [0.2, 0.25) is 5.75 Å². The molecule has 0 aliphatic rings. The van der Waals surface area contributed by atoms with Crippen LogP contribution >= 0.6 is 0 Å². The topological polar surface area (TPSA) is 63.2 Å². The van der Waals surface area contributed by atoms with E-state index in [0.717, 1.165) is 5.56 Å². The molecule has 0 saturated heterocycles. The Bertz CT molecular complexity index is 787. The maximum Gasteiger partial charge on any atom is 0.315 e. The van der Waals surface area contributed by atoms with Gasteiger partial charge in [-0.2, -0.15) is 0 Å². The Labute approximate surface area is 159 Å². The highest BCUT2D eigenvalue weighted by Crippen LogP contribution is 2.38. The molecule has 6 heteroatoms. The first-order valence-electron chi connectivity index (χ1n) is 8.33. The second-order valence-corrected chi connectivity index (χ2v) is 5.65. The van der Waals surface area contributed by atoms with E-state index in [1.54, 1.807) is 37.5 Å². The fraction of sp³-hybridized carbons (Fsp3) is 0.286. The molecule has 0 bridgehead atoms. The summed E-state index contributed by atoms with van der Waals surface area (Å²) in [5.41, 5.74) is 1.51. The van der Waals surface area contributed by atoms with E-state index in [4.69, 9.17) is 23.7 Å². The monoisotopic (exact) mass is 372 g/mol. The number of carbonyl (C=O) groups excluding carboxylic acids is 1. The van der Waals surface area contributed by atoms with Crippen LogP contribution in [0.4, 0.5) is 0 Å². The van der Waals surface area contributed by atoms with Crippen molar-refractivity contribution in [2.75, 3.05) is 28.4 Å². The summed E-state index contributed by atoms with van der Waals surface area (Å²) in [7, 11) is 6.17. The molecule has 0 radical (unpaired) electrons. The van der Waals surface area contributed by atoms with Crippen molar-refractivity contribution in [2.45, 2.75) is 12.8 Å². The number of hydrogen-bond acceptors (Lipinski definition) is 6. The van der Waals surface area contributed by atoms with E-state index in [1.807, 2.05) is 6.07 Å². The van der Waals surface area contributed by atoms with Crippen molar-refractivity contribution in [3.05, 3.63) is 54.1 Å². The highest BCUT2D eigenvalue weighted by atomic mass is 16.5. The van der Waals surface area contributed by atoms with Gasteiger partial charge >= 0.3 is 5.97 Å². The van der Waals surface area contributed by atoms with Gasteiger partial charge in [0.05, 0.1) is 34.9 Å². The summed E-state index contributed by atoms with van der Waals surface area (Å²) in [5.74, 6) is 2.21. The van der Waals surface area contributed by atoms with Gasteiger partial charge in [-0.3, -0.25) is 4.79 Å². The van der Waals surface area contributed by atoms with E-state index in [-0.39, 0.29) is 6.42 Å². The van der Waals surface area contributed by atoms with Crippen molar-refractivity contribution < 1.29 is 28.5 Å². The number of rotatable bonds is 9. The minimum absolute atomic E-state index is 0.0519. The minimum Gasteiger partial charge on any atom is -0.497 e. The highest BCUT2D eigenvalue weighted by Gasteiger charge is 2.16. The molecule has 0 aliphatic carbocycles. The molecule has 0 saturated carbocycles. The first-order chi connectivity index (χ1) is 13.1. The van der Waals surface area contributed by atoms with Crippen molar-refractivity contribution in [1.29, 1.82) is 0 Å². The molecular weight excluding hydrogens is 348 g/mol. The third-order valence-corrected chi connectivity index (χ3v) is 3.93. The smallest absolute Gasteiger partial charge is 0.315 e. The van der Waals surface area contributed by atoms with Gasteiger partial charge < -0.3 is 23.7 Å². The van der Waals surface area contributed by atoms with E-state index in [2.05, 4.69) is 6.58 Å². The molecule has 2 rings (SSSR count). The quantitative estimate of drug-likeness (QED) is 0.381. The second-order valence-electron chi connectivity index (χ2n) is 5.65. The van der Waals surface area contributed by atoms with Crippen LogP contribution in [0.3, 0.4) is 0 Å². The first-order valence-corrected chi connectivity index (χ1v) is 8.33. The van der Waals surface area contributed by atoms with E-state index in [0.29, 0.717) is 40.7 Å². The average molecular weight is 372 g/mol. The van der Waals surface area contributed by atoms with Crippen LogP contribution in [0.2, 0.25) is 0 Å². The molecule has 27 heavy (non-hydrogen) atoms. The Morgan fingerprint density at radius 1 is 0.926 bits per heavy atom. The van der Waals surface area contributed by atoms with Crippen molar-refractivity contribution in [3.63, 3.8) is 0 Å². The Morgan fingerprint density at radius 2 is 1.59 bits per heavy atom. The Hall–Kier alpha value is -3.15. The third-order valence-electron chi connectivity index (χ3n) is 3.93. The van der Waals surface area contributed by atoms with Crippen LogP contribution in [0.15, 0.2) is 43.0 Å². The predicted octanol–water partition coefficient (Wildman–Crippen LogP) is 3.60. The highest BCUT2D eigenvalue weighted by molar-refractivity contribution is 5.76. The predicted molar refractivity (Wildman–Crippen MR) is 102 cm³/mol. The summed E-state index contributed by atoms with van der Waals surface area (Å²) < 4.78 is 26.7. The molecule has 0 N–H and O–H groups in total. The summed E-state index contributed by atoms with van der Waals surface area (Å²) in [6.45, 7) is 3.73. The summed E-state index contributed by atoms with van der Waals surface area (Å²) in [5, 5.41) is 0. The zero-order valence-electron chi connectivity index (χ0n) is 16.0. The molecular formula is C21H24O6. The standard InChI is InChI=1S/C21H24O6/c1-6-7-15-13-16(23-2)8-9-17(15)27-20(22)12-14-10-18(24-3)21(26-5)19(11-14)25-4/h6,8-11,13H,1,7,12H2,2-5H3. The van der Waals surface area contributed by atoms with E-state index >= 15 is 0 Å². The number of esters is 1. The minimum atomic E-state index is -0.403. The lowest BCUT2D eigenvalue weighted by molar-refractivity contribution is -0.133. The van der Waals surface area contributed by atoms with Crippen molar-refractivity contribution in [3.8, 4) is 28.7 Å². The lowest BCUT2D eigenvalue weighted by Crippen LogP contribution is -2.13. The first kappa shape index (κ1) is 20.2. The Kier molecular flexibility index (Phi) is 7.11. The van der Waals surface area contributed by atoms with Gasteiger partial charge in [-0.1, -0.05) is 6.08 Å². The average Bonchev–Trinajstić information content (AvgIpc) is 2.68. The lowest BCUT2D eigenvalue weighted by Gasteiger charge is -2.14. The molecule has 0 aromatic heterocycles. The normalized spacial score (nSPS) is 10.1. The maximum absolute atomic E-state index is 12.5. The zero-order chi connectivity index (χ0) is 19.8. The molecule has 2 aromatic carbocycles. The van der Waals surface area contributed by atoms with Gasteiger partial charge in [0.15, 0.2) is 11.5 Å². The molecule has 144 valence electrons. The fourth-order valence-corrected chi connectivity index (χ4v) is 2.66. The van der Waals surface area contributed by atoms with Crippen molar-refractivity contribution in [2.24, 2.45) is 0 Å². The van der Waals surface area contributed by atoms with E-state index in [1.165, 1.54) is 21.3 Å². The maximum atomic E-state index is 12.5. The van der Waals surface area contributed by atoms with Gasteiger partial charge in [0, 0.05) is 5.56 Å².